The minimum absolute atomic E-state index is 0.0361. The summed E-state index contributed by atoms with van der Waals surface area (Å²) in [5.41, 5.74) is 3.51. The third-order valence-electron chi connectivity index (χ3n) is 3.84. The van der Waals surface area contributed by atoms with Crippen LogP contribution in [0.1, 0.15) is 38.3 Å². The van der Waals surface area contributed by atoms with Crippen LogP contribution in [0, 0.1) is 12.8 Å². The molecule has 0 fully saturated rings. The van der Waals surface area contributed by atoms with Gasteiger partial charge in [-0.1, -0.05) is 18.5 Å². The number of carbonyl (C=O) groups excluding carboxylic acids is 1. The lowest BCUT2D eigenvalue weighted by molar-refractivity contribution is -0.121. The number of nitrogens with zero attached hydrogens (tertiary/aromatic N) is 1. The number of hydrogen-bond donors (Lipinski definition) is 2. The van der Waals surface area contributed by atoms with Crippen molar-refractivity contribution in [3.63, 3.8) is 0 Å². The Hall–Kier alpha value is -1.83. The number of aliphatic hydroxyl groups is 1. The number of carbonyl (C=O) groups is 1. The van der Waals surface area contributed by atoms with Crippen molar-refractivity contribution in [3.05, 3.63) is 22.2 Å². The molecule has 1 heterocycles. The van der Waals surface area contributed by atoms with Gasteiger partial charge in [0.15, 0.2) is 6.79 Å². The first-order valence-corrected chi connectivity index (χ1v) is 8.68. The van der Waals surface area contributed by atoms with Crippen LogP contribution in [-0.2, 0) is 9.53 Å². The molecule has 1 aromatic rings. The van der Waals surface area contributed by atoms with Gasteiger partial charge in [-0.05, 0) is 26.8 Å². The zero-order valence-corrected chi connectivity index (χ0v) is 16.4. The molecule has 1 aliphatic rings. The molecule has 1 aliphatic heterocycles. The molecule has 0 saturated carbocycles. The summed E-state index contributed by atoms with van der Waals surface area (Å²) in [4.78, 5) is 11.5. The highest BCUT2D eigenvalue weighted by Crippen LogP contribution is 2.40. The molecule has 7 nitrogen and oxygen atoms in total. The first kappa shape index (κ1) is 20.5. The van der Waals surface area contributed by atoms with Crippen molar-refractivity contribution in [1.29, 1.82) is 0 Å². The number of hydrogen-bond acceptors (Lipinski definition) is 6. The van der Waals surface area contributed by atoms with Crippen molar-refractivity contribution in [3.8, 4) is 11.5 Å². The first-order valence-electron chi connectivity index (χ1n) is 8.31. The third kappa shape index (κ3) is 4.87. The zero-order chi connectivity index (χ0) is 19.5. The van der Waals surface area contributed by atoms with E-state index >= 15 is 0 Å². The SMILES string of the molecule is COCOc1c(C2=NNC(=O)CC2C)cc(Cl)c(OCC(C)(C)O)c1C. The maximum Gasteiger partial charge on any atom is 0.240 e. The molecule has 0 radical (unpaired) electrons. The van der Waals surface area contributed by atoms with Gasteiger partial charge >= 0.3 is 0 Å². The second-order valence-electron chi connectivity index (χ2n) is 6.98. The van der Waals surface area contributed by atoms with Gasteiger partial charge in [-0.15, -0.1) is 0 Å². The molecule has 2 N–H and O–H groups in total. The number of methoxy groups -OCH3 is 1. The fraction of sp³-hybridized carbons (Fsp3) is 0.556. The van der Waals surface area contributed by atoms with E-state index < -0.39 is 5.60 Å². The molecule has 0 spiro atoms. The number of hydrazone groups is 1. The Bertz CT molecular complexity index is 713. The molecule has 0 bridgehead atoms. The Labute approximate surface area is 158 Å². The zero-order valence-electron chi connectivity index (χ0n) is 15.7. The normalized spacial score (nSPS) is 17.6. The Balaban J connectivity index is 2.49. The standard InChI is InChI=1S/C18H25ClN2O5/c1-10-6-14(22)20-21-15(10)12-7-13(19)17(25-8-18(3,4)23)11(2)16(12)26-9-24-5/h7,10,23H,6,8-9H2,1-5H3,(H,20,22). The molecule has 26 heavy (non-hydrogen) atoms. The smallest absolute Gasteiger partial charge is 0.240 e. The van der Waals surface area contributed by atoms with Crippen LogP contribution < -0.4 is 14.9 Å². The highest BCUT2D eigenvalue weighted by molar-refractivity contribution is 6.33. The van der Waals surface area contributed by atoms with E-state index in [1.165, 1.54) is 7.11 Å². The van der Waals surface area contributed by atoms with Gasteiger partial charge in [0.05, 0.1) is 16.3 Å². The van der Waals surface area contributed by atoms with Crippen molar-refractivity contribution < 1.29 is 24.1 Å². The number of rotatable bonds is 7. The molecule has 144 valence electrons. The van der Waals surface area contributed by atoms with E-state index in [2.05, 4.69) is 10.5 Å². The number of halogens is 1. The number of benzene rings is 1. The summed E-state index contributed by atoms with van der Waals surface area (Å²) >= 11 is 6.43. The minimum atomic E-state index is -1.01. The predicted molar refractivity (Wildman–Crippen MR) is 98.9 cm³/mol. The summed E-state index contributed by atoms with van der Waals surface area (Å²) in [5.74, 6) is 0.723. The molecule has 2 rings (SSSR count). The third-order valence-corrected chi connectivity index (χ3v) is 4.12. The lowest BCUT2D eigenvalue weighted by Crippen LogP contribution is -2.32. The van der Waals surface area contributed by atoms with Crippen LogP contribution in [0.5, 0.6) is 11.5 Å². The van der Waals surface area contributed by atoms with Crippen molar-refractivity contribution >= 4 is 23.2 Å². The van der Waals surface area contributed by atoms with Crippen LogP contribution >= 0.6 is 11.6 Å². The van der Waals surface area contributed by atoms with Crippen molar-refractivity contribution in [2.75, 3.05) is 20.5 Å². The molecular formula is C18H25ClN2O5. The quantitative estimate of drug-likeness (QED) is 0.705. The average Bonchev–Trinajstić information content (AvgIpc) is 2.52. The fourth-order valence-electron chi connectivity index (χ4n) is 2.64. The Morgan fingerprint density at radius 3 is 2.65 bits per heavy atom. The number of ether oxygens (including phenoxy) is 3. The van der Waals surface area contributed by atoms with Gasteiger partial charge in [0.1, 0.15) is 18.1 Å². The minimum Gasteiger partial charge on any atom is -0.489 e. The van der Waals surface area contributed by atoms with Gasteiger partial charge in [-0.3, -0.25) is 4.79 Å². The molecule has 8 heteroatoms. The molecule has 1 amide bonds. The van der Waals surface area contributed by atoms with Crippen LogP contribution in [0.3, 0.4) is 0 Å². The first-order chi connectivity index (χ1) is 12.1. The number of nitrogens with one attached hydrogen (secondary N) is 1. The predicted octanol–water partition coefficient (Wildman–Crippen LogP) is 2.64. The van der Waals surface area contributed by atoms with Gasteiger partial charge in [0, 0.05) is 30.6 Å². The maximum atomic E-state index is 11.5. The Morgan fingerprint density at radius 1 is 1.38 bits per heavy atom. The largest absolute Gasteiger partial charge is 0.489 e. The van der Waals surface area contributed by atoms with E-state index in [0.717, 1.165) is 0 Å². The fourth-order valence-corrected chi connectivity index (χ4v) is 2.95. The summed E-state index contributed by atoms with van der Waals surface area (Å²) in [6, 6.07) is 1.70. The second-order valence-corrected chi connectivity index (χ2v) is 7.39. The average molecular weight is 385 g/mol. The van der Waals surface area contributed by atoms with E-state index in [1.54, 1.807) is 19.9 Å². The Kier molecular flexibility index (Phi) is 6.49. The summed E-state index contributed by atoms with van der Waals surface area (Å²) in [6.07, 6.45) is 0.330. The highest BCUT2D eigenvalue weighted by atomic mass is 35.5. The summed E-state index contributed by atoms with van der Waals surface area (Å²) in [7, 11) is 1.53. The van der Waals surface area contributed by atoms with Crippen LogP contribution in [0.25, 0.3) is 0 Å². The van der Waals surface area contributed by atoms with Crippen molar-refractivity contribution in [2.24, 2.45) is 11.0 Å². The molecule has 1 aromatic carbocycles. The monoisotopic (exact) mass is 384 g/mol. The van der Waals surface area contributed by atoms with E-state index in [-0.39, 0.29) is 25.2 Å². The van der Waals surface area contributed by atoms with Crippen molar-refractivity contribution in [1.82, 2.24) is 5.43 Å². The molecule has 0 aliphatic carbocycles. The van der Waals surface area contributed by atoms with Gasteiger partial charge < -0.3 is 19.3 Å². The topological polar surface area (TPSA) is 89.4 Å². The van der Waals surface area contributed by atoms with Crippen LogP contribution in [0.15, 0.2) is 11.2 Å². The van der Waals surface area contributed by atoms with E-state index in [9.17, 15) is 9.90 Å². The summed E-state index contributed by atoms with van der Waals surface area (Å²) in [6.45, 7) is 7.13. The van der Waals surface area contributed by atoms with E-state index in [0.29, 0.717) is 39.8 Å². The van der Waals surface area contributed by atoms with Gasteiger partial charge in [0.2, 0.25) is 5.91 Å². The molecular weight excluding hydrogens is 360 g/mol. The van der Waals surface area contributed by atoms with Gasteiger partial charge in [-0.2, -0.15) is 5.10 Å². The van der Waals surface area contributed by atoms with E-state index in [1.807, 2.05) is 13.8 Å². The summed E-state index contributed by atoms with van der Waals surface area (Å²) < 4.78 is 16.5. The van der Waals surface area contributed by atoms with Gasteiger partial charge in [0.25, 0.3) is 0 Å². The van der Waals surface area contributed by atoms with Crippen LogP contribution in [0.4, 0.5) is 0 Å². The highest BCUT2D eigenvalue weighted by Gasteiger charge is 2.28. The lowest BCUT2D eigenvalue weighted by atomic mass is 9.92. The second kappa shape index (κ2) is 8.24. The van der Waals surface area contributed by atoms with E-state index in [4.69, 9.17) is 25.8 Å². The van der Waals surface area contributed by atoms with Crippen molar-refractivity contribution in [2.45, 2.75) is 39.7 Å². The number of amides is 1. The molecule has 0 saturated heterocycles. The Morgan fingerprint density at radius 2 is 2.08 bits per heavy atom. The van der Waals surface area contributed by atoms with Crippen LogP contribution in [0.2, 0.25) is 5.02 Å². The molecule has 1 atom stereocenters. The summed E-state index contributed by atoms with van der Waals surface area (Å²) in [5, 5.41) is 14.5. The molecule has 0 aromatic heterocycles. The lowest BCUT2D eigenvalue weighted by Gasteiger charge is -2.25. The van der Waals surface area contributed by atoms with Crippen LogP contribution in [-0.4, -0.2) is 42.8 Å². The molecule has 1 unspecified atom stereocenters. The maximum absolute atomic E-state index is 11.5. The van der Waals surface area contributed by atoms with Gasteiger partial charge in [-0.25, -0.2) is 5.43 Å².